The van der Waals surface area contributed by atoms with E-state index in [0.29, 0.717) is 12.8 Å². The maximum absolute atomic E-state index is 11.9. The van der Waals surface area contributed by atoms with Gasteiger partial charge in [-0.2, -0.15) is 0 Å². The van der Waals surface area contributed by atoms with Crippen LogP contribution in [0.25, 0.3) is 0 Å². The first-order chi connectivity index (χ1) is 9.76. The Kier molecular flexibility index (Phi) is 5.76. The summed E-state index contributed by atoms with van der Waals surface area (Å²) < 4.78 is 5.14. The number of ketones is 1. The van der Waals surface area contributed by atoms with Crippen LogP contribution in [0.1, 0.15) is 50.4 Å². The third-order valence-electron chi connectivity index (χ3n) is 3.44. The van der Waals surface area contributed by atoms with Crippen LogP contribution in [0, 0.1) is 5.41 Å². The number of hydrogen-bond acceptors (Lipinski definition) is 5. The molecule has 2 N–H and O–H groups in total. The second kappa shape index (κ2) is 7.11. The van der Waals surface area contributed by atoms with E-state index < -0.39 is 5.41 Å². The van der Waals surface area contributed by atoms with Gasteiger partial charge in [0.2, 0.25) is 0 Å². The maximum atomic E-state index is 11.9. The van der Waals surface area contributed by atoms with E-state index in [0.717, 1.165) is 6.07 Å². The van der Waals surface area contributed by atoms with Crippen molar-refractivity contribution in [2.45, 2.75) is 40.0 Å². The van der Waals surface area contributed by atoms with Crippen molar-refractivity contribution in [3.63, 3.8) is 0 Å². The van der Waals surface area contributed by atoms with Gasteiger partial charge in [0.05, 0.1) is 12.0 Å². The van der Waals surface area contributed by atoms with Crippen LogP contribution in [0.2, 0.25) is 0 Å². The van der Waals surface area contributed by atoms with Crippen molar-refractivity contribution in [1.82, 2.24) is 0 Å². The summed E-state index contributed by atoms with van der Waals surface area (Å²) in [6.07, 6.45) is 1.27. The summed E-state index contributed by atoms with van der Waals surface area (Å²) in [6.45, 7) is 5.73. The number of Topliss-reactive ketones (excluding diaryl/α,β-unsaturated/α-hetero) is 1. The summed E-state index contributed by atoms with van der Waals surface area (Å²) in [6, 6.07) is 3.76. The van der Waals surface area contributed by atoms with Gasteiger partial charge in [0.25, 0.3) is 0 Å². The standard InChI is InChI=1S/C16H22O5/c1-4-16(2,3)15(20)21-7-5-6-14(19)11-8-12(17)10-13(18)9-11/h8-10,17-18H,4-7H2,1-3H3. The Morgan fingerprint density at radius 3 is 2.24 bits per heavy atom. The molecule has 116 valence electrons. The molecule has 0 spiro atoms. The van der Waals surface area contributed by atoms with Crippen LogP contribution < -0.4 is 0 Å². The molecule has 0 saturated carbocycles. The molecule has 0 heterocycles. The van der Waals surface area contributed by atoms with Gasteiger partial charge in [0, 0.05) is 18.1 Å². The summed E-state index contributed by atoms with van der Waals surface area (Å²) in [5, 5.41) is 18.6. The third kappa shape index (κ3) is 5.10. The molecule has 0 aliphatic heterocycles. The Bertz CT molecular complexity index is 499. The molecule has 5 nitrogen and oxygen atoms in total. The molecular formula is C16H22O5. The molecule has 0 unspecified atom stereocenters. The number of esters is 1. The van der Waals surface area contributed by atoms with Crippen LogP contribution in [0.15, 0.2) is 18.2 Å². The normalized spacial score (nSPS) is 11.2. The zero-order chi connectivity index (χ0) is 16.0. The summed E-state index contributed by atoms with van der Waals surface area (Å²) in [4.78, 5) is 23.6. The summed E-state index contributed by atoms with van der Waals surface area (Å²) in [7, 11) is 0. The van der Waals surface area contributed by atoms with E-state index in [2.05, 4.69) is 0 Å². The summed E-state index contributed by atoms with van der Waals surface area (Å²) in [5.41, 5.74) is -0.270. The largest absolute Gasteiger partial charge is 0.508 e. The molecule has 0 aliphatic carbocycles. The number of rotatable bonds is 7. The predicted molar refractivity (Wildman–Crippen MR) is 78.4 cm³/mol. The van der Waals surface area contributed by atoms with Crippen LogP contribution in [0.3, 0.4) is 0 Å². The van der Waals surface area contributed by atoms with Gasteiger partial charge in [0.1, 0.15) is 11.5 Å². The lowest BCUT2D eigenvalue weighted by Gasteiger charge is -2.20. The molecule has 0 atom stereocenters. The lowest BCUT2D eigenvalue weighted by atomic mass is 9.91. The SMILES string of the molecule is CCC(C)(C)C(=O)OCCCC(=O)c1cc(O)cc(O)c1. The highest BCUT2D eigenvalue weighted by Gasteiger charge is 2.26. The van der Waals surface area contributed by atoms with Gasteiger partial charge in [-0.15, -0.1) is 0 Å². The quantitative estimate of drug-likeness (QED) is 0.459. The molecule has 1 aromatic carbocycles. The molecule has 0 fully saturated rings. The van der Waals surface area contributed by atoms with Gasteiger partial charge in [-0.3, -0.25) is 9.59 Å². The molecule has 21 heavy (non-hydrogen) atoms. The number of phenolic OH excluding ortho intramolecular Hbond substituents is 2. The van der Waals surface area contributed by atoms with E-state index in [4.69, 9.17) is 4.74 Å². The summed E-state index contributed by atoms with van der Waals surface area (Å²) in [5.74, 6) is -0.802. The zero-order valence-corrected chi connectivity index (χ0v) is 12.7. The molecular weight excluding hydrogens is 272 g/mol. The Morgan fingerprint density at radius 2 is 1.71 bits per heavy atom. The molecule has 0 aromatic heterocycles. The Morgan fingerprint density at radius 1 is 1.14 bits per heavy atom. The highest BCUT2D eigenvalue weighted by molar-refractivity contribution is 5.96. The molecule has 0 bridgehead atoms. The van der Waals surface area contributed by atoms with E-state index in [1.54, 1.807) is 0 Å². The van der Waals surface area contributed by atoms with Crippen LogP contribution in [-0.2, 0) is 9.53 Å². The van der Waals surface area contributed by atoms with Crippen molar-refractivity contribution < 1.29 is 24.5 Å². The fourth-order valence-corrected chi connectivity index (χ4v) is 1.64. The van der Waals surface area contributed by atoms with Gasteiger partial charge in [-0.05, 0) is 38.8 Å². The average molecular weight is 294 g/mol. The first-order valence-corrected chi connectivity index (χ1v) is 6.99. The molecule has 0 radical (unpaired) electrons. The van der Waals surface area contributed by atoms with Crippen molar-refractivity contribution in [3.05, 3.63) is 23.8 Å². The van der Waals surface area contributed by atoms with E-state index in [1.165, 1.54) is 12.1 Å². The lowest BCUT2D eigenvalue weighted by molar-refractivity contribution is -0.154. The Hall–Kier alpha value is -2.04. The second-order valence-electron chi connectivity index (χ2n) is 5.64. The van der Waals surface area contributed by atoms with Crippen LogP contribution in [0.4, 0.5) is 0 Å². The van der Waals surface area contributed by atoms with Gasteiger partial charge in [0.15, 0.2) is 5.78 Å². The number of hydrogen-bond donors (Lipinski definition) is 2. The number of carbonyl (C=O) groups excluding carboxylic acids is 2. The maximum Gasteiger partial charge on any atom is 0.311 e. The zero-order valence-electron chi connectivity index (χ0n) is 12.7. The Balaban J connectivity index is 2.42. The highest BCUT2D eigenvalue weighted by atomic mass is 16.5. The van der Waals surface area contributed by atoms with Gasteiger partial charge < -0.3 is 14.9 Å². The van der Waals surface area contributed by atoms with Crippen molar-refractivity contribution in [3.8, 4) is 11.5 Å². The number of aromatic hydroxyl groups is 2. The Labute approximate surface area is 124 Å². The van der Waals surface area contributed by atoms with Crippen LogP contribution in [-0.4, -0.2) is 28.6 Å². The van der Waals surface area contributed by atoms with Gasteiger partial charge in [-0.1, -0.05) is 6.92 Å². The number of ether oxygens (including phenoxy) is 1. The smallest absolute Gasteiger partial charge is 0.311 e. The molecule has 0 amide bonds. The van der Waals surface area contributed by atoms with E-state index in [-0.39, 0.29) is 41.8 Å². The average Bonchev–Trinajstić information content (AvgIpc) is 2.41. The first-order valence-electron chi connectivity index (χ1n) is 6.99. The van der Waals surface area contributed by atoms with Crippen molar-refractivity contribution in [2.75, 3.05) is 6.61 Å². The fourth-order valence-electron chi connectivity index (χ4n) is 1.64. The lowest BCUT2D eigenvalue weighted by Crippen LogP contribution is -2.26. The van der Waals surface area contributed by atoms with Gasteiger partial charge in [-0.25, -0.2) is 0 Å². The van der Waals surface area contributed by atoms with E-state index in [1.807, 2.05) is 20.8 Å². The minimum Gasteiger partial charge on any atom is -0.508 e. The fraction of sp³-hybridized carbons (Fsp3) is 0.500. The highest BCUT2D eigenvalue weighted by Crippen LogP contribution is 2.23. The molecule has 1 rings (SSSR count). The number of carbonyl (C=O) groups is 2. The minimum absolute atomic E-state index is 0.158. The number of benzene rings is 1. The predicted octanol–water partition coefficient (Wildman–Crippen LogP) is 3.04. The van der Waals surface area contributed by atoms with Crippen molar-refractivity contribution in [1.29, 1.82) is 0 Å². The molecule has 5 heteroatoms. The van der Waals surface area contributed by atoms with Crippen molar-refractivity contribution in [2.24, 2.45) is 5.41 Å². The van der Waals surface area contributed by atoms with Crippen molar-refractivity contribution >= 4 is 11.8 Å². The molecule has 0 saturated heterocycles. The molecule has 0 aliphatic rings. The van der Waals surface area contributed by atoms with E-state index in [9.17, 15) is 19.8 Å². The first kappa shape index (κ1) is 17.0. The summed E-state index contributed by atoms with van der Waals surface area (Å²) >= 11 is 0. The van der Waals surface area contributed by atoms with Crippen LogP contribution in [0.5, 0.6) is 11.5 Å². The van der Waals surface area contributed by atoms with Gasteiger partial charge >= 0.3 is 5.97 Å². The topological polar surface area (TPSA) is 83.8 Å². The molecule has 1 aromatic rings. The number of phenols is 2. The second-order valence-corrected chi connectivity index (χ2v) is 5.64. The van der Waals surface area contributed by atoms with E-state index >= 15 is 0 Å². The van der Waals surface area contributed by atoms with Crippen LogP contribution >= 0.6 is 0 Å². The third-order valence-corrected chi connectivity index (χ3v) is 3.44. The minimum atomic E-state index is -0.513. The monoisotopic (exact) mass is 294 g/mol.